The zero-order valence-electron chi connectivity index (χ0n) is 14.0. The van der Waals surface area contributed by atoms with Gasteiger partial charge in [-0.1, -0.05) is 23.2 Å². The molecule has 1 atom stereocenters. The first-order valence-electron chi connectivity index (χ1n) is 8.29. The van der Waals surface area contributed by atoms with E-state index in [2.05, 4.69) is 15.6 Å². The van der Waals surface area contributed by atoms with Gasteiger partial charge in [-0.25, -0.2) is 4.98 Å². The highest BCUT2D eigenvalue weighted by atomic mass is 35.5. The van der Waals surface area contributed by atoms with Crippen LogP contribution >= 0.6 is 23.2 Å². The maximum atomic E-state index is 12.0. The van der Waals surface area contributed by atoms with E-state index in [9.17, 15) is 4.79 Å². The van der Waals surface area contributed by atoms with Crippen LogP contribution in [0.2, 0.25) is 10.0 Å². The minimum Gasteiger partial charge on any atom is -0.482 e. The van der Waals surface area contributed by atoms with Gasteiger partial charge in [0.15, 0.2) is 6.61 Å². The average molecular weight is 396 g/mol. The second-order valence-corrected chi connectivity index (χ2v) is 6.70. The quantitative estimate of drug-likeness (QED) is 0.740. The van der Waals surface area contributed by atoms with Gasteiger partial charge < -0.3 is 20.1 Å². The Morgan fingerprint density at radius 1 is 1.31 bits per heavy atom. The molecule has 0 bridgehead atoms. The lowest BCUT2D eigenvalue weighted by Crippen LogP contribution is -2.21. The number of anilines is 2. The standard InChI is InChI=1S/C18H19Cl2N3O3/c19-12-3-5-16(15(20)8-12)26-11-18(24)23-13-4-6-17(21-9-13)22-10-14-2-1-7-25-14/h3-6,8-9,14H,1-2,7,10-11H2,(H,21,22)(H,23,24). The highest BCUT2D eigenvalue weighted by molar-refractivity contribution is 6.35. The van der Waals surface area contributed by atoms with Crippen LogP contribution < -0.4 is 15.4 Å². The van der Waals surface area contributed by atoms with Crippen LogP contribution in [-0.4, -0.2) is 36.8 Å². The Morgan fingerprint density at radius 3 is 2.88 bits per heavy atom. The molecule has 1 aromatic heterocycles. The van der Waals surface area contributed by atoms with Gasteiger partial charge in [0.2, 0.25) is 0 Å². The number of halogens is 2. The summed E-state index contributed by atoms with van der Waals surface area (Å²) < 4.78 is 10.9. The Kier molecular flexibility index (Phi) is 6.55. The van der Waals surface area contributed by atoms with Gasteiger partial charge in [-0.3, -0.25) is 4.79 Å². The number of pyridine rings is 1. The molecular weight excluding hydrogens is 377 g/mol. The van der Waals surface area contributed by atoms with Crippen LogP contribution in [-0.2, 0) is 9.53 Å². The number of ether oxygens (including phenoxy) is 2. The molecule has 2 N–H and O–H groups in total. The van der Waals surface area contributed by atoms with Crippen LogP contribution in [0.3, 0.4) is 0 Å². The lowest BCUT2D eigenvalue weighted by molar-refractivity contribution is -0.118. The largest absolute Gasteiger partial charge is 0.482 e. The molecule has 1 aliphatic rings. The highest BCUT2D eigenvalue weighted by Crippen LogP contribution is 2.27. The van der Waals surface area contributed by atoms with Crippen molar-refractivity contribution in [2.75, 3.05) is 30.4 Å². The Bertz CT molecular complexity index is 750. The normalized spacial score (nSPS) is 16.3. The number of hydrogen-bond acceptors (Lipinski definition) is 5. The van der Waals surface area contributed by atoms with E-state index in [-0.39, 0.29) is 18.6 Å². The summed E-state index contributed by atoms with van der Waals surface area (Å²) in [6.07, 6.45) is 4.01. The Hall–Kier alpha value is -2.02. The summed E-state index contributed by atoms with van der Waals surface area (Å²) in [5.74, 6) is 0.832. The average Bonchev–Trinajstić information content (AvgIpc) is 3.14. The number of amides is 1. The summed E-state index contributed by atoms with van der Waals surface area (Å²) in [7, 11) is 0. The Morgan fingerprint density at radius 2 is 2.19 bits per heavy atom. The number of nitrogens with zero attached hydrogens (tertiary/aromatic N) is 1. The fourth-order valence-corrected chi connectivity index (χ4v) is 2.99. The van der Waals surface area contributed by atoms with Gasteiger partial charge in [0.1, 0.15) is 11.6 Å². The van der Waals surface area contributed by atoms with Crippen LogP contribution in [0.4, 0.5) is 11.5 Å². The van der Waals surface area contributed by atoms with E-state index >= 15 is 0 Å². The van der Waals surface area contributed by atoms with Crippen molar-refractivity contribution in [2.24, 2.45) is 0 Å². The number of aromatic nitrogens is 1. The third kappa shape index (κ3) is 5.49. The first kappa shape index (κ1) is 18.8. The minimum atomic E-state index is -0.308. The SMILES string of the molecule is O=C(COc1ccc(Cl)cc1Cl)Nc1ccc(NCC2CCCO2)nc1. The molecule has 0 saturated carbocycles. The second-order valence-electron chi connectivity index (χ2n) is 5.86. The smallest absolute Gasteiger partial charge is 0.262 e. The third-order valence-corrected chi connectivity index (χ3v) is 4.37. The molecule has 0 spiro atoms. The van der Waals surface area contributed by atoms with Crippen LogP contribution in [0.1, 0.15) is 12.8 Å². The molecular formula is C18H19Cl2N3O3. The van der Waals surface area contributed by atoms with Crippen molar-refractivity contribution < 1.29 is 14.3 Å². The van der Waals surface area contributed by atoms with E-state index in [1.54, 1.807) is 30.5 Å². The van der Waals surface area contributed by atoms with Crippen molar-refractivity contribution in [3.63, 3.8) is 0 Å². The van der Waals surface area contributed by atoms with Gasteiger partial charge in [0, 0.05) is 18.2 Å². The molecule has 3 rings (SSSR count). The van der Waals surface area contributed by atoms with Crippen molar-refractivity contribution in [3.05, 3.63) is 46.6 Å². The van der Waals surface area contributed by atoms with Crippen molar-refractivity contribution in [1.82, 2.24) is 4.98 Å². The van der Waals surface area contributed by atoms with Gasteiger partial charge in [-0.05, 0) is 43.2 Å². The maximum Gasteiger partial charge on any atom is 0.262 e. The van der Waals surface area contributed by atoms with Gasteiger partial charge in [-0.15, -0.1) is 0 Å². The first-order chi connectivity index (χ1) is 12.6. The summed E-state index contributed by atoms with van der Waals surface area (Å²) in [6.45, 7) is 1.39. The predicted octanol–water partition coefficient (Wildman–Crippen LogP) is 4.00. The van der Waals surface area contributed by atoms with Crippen molar-refractivity contribution in [3.8, 4) is 5.75 Å². The Balaban J connectivity index is 1.44. The zero-order chi connectivity index (χ0) is 18.4. The minimum absolute atomic E-state index is 0.166. The number of rotatable bonds is 7. The molecule has 138 valence electrons. The lowest BCUT2D eigenvalue weighted by Gasteiger charge is -2.12. The van der Waals surface area contributed by atoms with Gasteiger partial charge in [0.05, 0.1) is 23.0 Å². The predicted molar refractivity (Wildman–Crippen MR) is 102 cm³/mol. The van der Waals surface area contributed by atoms with Crippen LogP contribution in [0, 0.1) is 0 Å². The Labute approximate surface area is 161 Å². The molecule has 1 unspecified atom stereocenters. The summed E-state index contributed by atoms with van der Waals surface area (Å²) in [6, 6.07) is 8.41. The lowest BCUT2D eigenvalue weighted by atomic mass is 10.2. The summed E-state index contributed by atoms with van der Waals surface area (Å²) in [4.78, 5) is 16.3. The molecule has 1 fully saturated rings. The fourth-order valence-electron chi connectivity index (χ4n) is 2.53. The van der Waals surface area contributed by atoms with E-state index < -0.39 is 0 Å². The third-order valence-electron chi connectivity index (χ3n) is 3.83. The monoisotopic (exact) mass is 395 g/mol. The number of carbonyl (C=O) groups excluding carboxylic acids is 1. The molecule has 1 aliphatic heterocycles. The van der Waals surface area contributed by atoms with E-state index in [1.807, 2.05) is 6.07 Å². The van der Waals surface area contributed by atoms with E-state index in [4.69, 9.17) is 32.7 Å². The zero-order valence-corrected chi connectivity index (χ0v) is 15.5. The van der Waals surface area contributed by atoms with E-state index in [0.29, 0.717) is 21.5 Å². The van der Waals surface area contributed by atoms with Crippen LogP contribution in [0.25, 0.3) is 0 Å². The van der Waals surface area contributed by atoms with Gasteiger partial charge in [0.25, 0.3) is 5.91 Å². The number of nitrogens with one attached hydrogen (secondary N) is 2. The first-order valence-corrected chi connectivity index (χ1v) is 9.05. The molecule has 1 saturated heterocycles. The van der Waals surface area contributed by atoms with Crippen LogP contribution in [0.5, 0.6) is 5.75 Å². The molecule has 1 aromatic carbocycles. The molecule has 2 heterocycles. The molecule has 1 amide bonds. The van der Waals surface area contributed by atoms with Crippen molar-refractivity contribution in [1.29, 1.82) is 0 Å². The van der Waals surface area contributed by atoms with E-state index in [1.165, 1.54) is 0 Å². The molecule has 26 heavy (non-hydrogen) atoms. The second kappa shape index (κ2) is 9.07. The molecule has 8 heteroatoms. The summed E-state index contributed by atoms with van der Waals surface area (Å²) in [5.41, 5.74) is 0.587. The molecule has 6 nitrogen and oxygen atoms in total. The maximum absolute atomic E-state index is 12.0. The van der Waals surface area contributed by atoms with Crippen molar-refractivity contribution >= 4 is 40.6 Å². The van der Waals surface area contributed by atoms with Crippen LogP contribution in [0.15, 0.2) is 36.5 Å². The fraction of sp³-hybridized carbons (Fsp3) is 0.333. The topological polar surface area (TPSA) is 72.5 Å². The summed E-state index contributed by atoms with van der Waals surface area (Å²) in [5, 5.41) is 6.81. The number of hydrogen-bond donors (Lipinski definition) is 2. The molecule has 0 radical (unpaired) electrons. The van der Waals surface area contributed by atoms with Gasteiger partial charge >= 0.3 is 0 Å². The molecule has 2 aromatic rings. The number of carbonyl (C=O) groups is 1. The summed E-state index contributed by atoms with van der Waals surface area (Å²) >= 11 is 11.8. The number of benzene rings is 1. The highest BCUT2D eigenvalue weighted by Gasteiger charge is 2.15. The van der Waals surface area contributed by atoms with Gasteiger partial charge in [-0.2, -0.15) is 0 Å². The van der Waals surface area contributed by atoms with E-state index in [0.717, 1.165) is 31.8 Å². The molecule has 0 aliphatic carbocycles. The van der Waals surface area contributed by atoms with Crippen molar-refractivity contribution in [2.45, 2.75) is 18.9 Å².